The smallest absolute Gasteiger partial charge is 0.225 e. The van der Waals surface area contributed by atoms with Crippen LogP contribution in [0, 0.1) is 0 Å². The topological polar surface area (TPSA) is 67.2 Å². The van der Waals surface area contributed by atoms with E-state index >= 15 is 0 Å². The van der Waals surface area contributed by atoms with E-state index in [-0.39, 0.29) is 17.9 Å². The third-order valence-corrected chi connectivity index (χ3v) is 5.20. The van der Waals surface area contributed by atoms with Gasteiger partial charge < -0.3 is 14.8 Å². The molecule has 3 aromatic rings. The molecular weight excluding hydrogens is 352 g/mol. The van der Waals surface area contributed by atoms with Crippen molar-refractivity contribution >= 4 is 22.6 Å². The molecule has 0 spiro atoms. The van der Waals surface area contributed by atoms with E-state index in [9.17, 15) is 9.59 Å². The molecule has 1 aromatic heterocycles. The summed E-state index contributed by atoms with van der Waals surface area (Å²) in [6, 6.07) is 14.3. The van der Waals surface area contributed by atoms with Crippen LogP contribution in [-0.4, -0.2) is 38.9 Å². The fraction of sp³-hybridized carbons (Fsp3) is 0.318. The summed E-state index contributed by atoms with van der Waals surface area (Å²) in [4.78, 5) is 30.5. The zero-order valence-electron chi connectivity index (χ0n) is 15.8. The van der Waals surface area contributed by atoms with Gasteiger partial charge in [0.2, 0.25) is 11.8 Å². The Balaban J connectivity index is 1.30. The van der Waals surface area contributed by atoms with E-state index in [1.165, 1.54) is 10.8 Å². The number of carbonyl (C=O) groups excluding carboxylic acids is 2. The summed E-state index contributed by atoms with van der Waals surface area (Å²) in [6.07, 6.45) is 6.94. The Morgan fingerprint density at radius 2 is 2.04 bits per heavy atom. The average molecular weight is 376 g/mol. The minimum absolute atomic E-state index is 0.00456. The van der Waals surface area contributed by atoms with Gasteiger partial charge in [0.05, 0.1) is 12.4 Å². The van der Waals surface area contributed by atoms with Gasteiger partial charge in [-0.25, -0.2) is 4.98 Å². The lowest BCUT2D eigenvalue weighted by Gasteiger charge is -2.18. The molecule has 2 amide bonds. The Kier molecular flexibility index (Phi) is 5.37. The molecule has 1 atom stereocenters. The number of aryl methyl sites for hydroxylation is 1. The molecule has 1 aliphatic rings. The average Bonchev–Trinajstić information content (AvgIpc) is 3.32. The van der Waals surface area contributed by atoms with Crippen molar-refractivity contribution in [1.82, 2.24) is 19.8 Å². The number of benzene rings is 2. The van der Waals surface area contributed by atoms with E-state index in [1.54, 1.807) is 12.5 Å². The van der Waals surface area contributed by atoms with Gasteiger partial charge in [-0.05, 0) is 22.8 Å². The van der Waals surface area contributed by atoms with Crippen LogP contribution in [0.1, 0.15) is 24.8 Å². The Bertz CT molecular complexity index is 962. The van der Waals surface area contributed by atoms with Crippen LogP contribution in [0.25, 0.3) is 10.8 Å². The standard InChI is InChI=1S/C22H24N4O2/c27-21(9-4-11-25-12-10-23-16-25)24-19-13-22(28)26(15-19)14-18-7-3-6-17-5-1-2-8-20(17)18/h1-3,5-8,10,12,16,19H,4,9,11,13-15H2,(H,24,27)/t19-/m0/s1. The second-order valence-corrected chi connectivity index (χ2v) is 7.29. The molecule has 0 bridgehead atoms. The van der Waals surface area contributed by atoms with Gasteiger partial charge in [-0.2, -0.15) is 0 Å². The number of nitrogens with one attached hydrogen (secondary N) is 1. The van der Waals surface area contributed by atoms with Crippen LogP contribution in [0.15, 0.2) is 61.2 Å². The van der Waals surface area contributed by atoms with E-state index in [0.29, 0.717) is 25.9 Å². The summed E-state index contributed by atoms with van der Waals surface area (Å²) in [7, 11) is 0. The van der Waals surface area contributed by atoms with Gasteiger partial charge in [0.15, 0.2) is 0 Å². The molecule has 0 unspecified atom stereocenters. The van der Waals surface area contributed by atoms with Crippen molar-refractivity contribution < 1.29 is 9.59 Å². The second kappa shape index (κ2) is 8.25. The summed E-state index contributed by atoms with van der Waals surface area (Å²) < 4.78 is 1.96. The minimum Gasteiger partial charge on any atom is -0.351 e. The lowest BCUT2D eigenvalue weighted by Crippen LogP contribution is -2.37. The summed E-state index contributed by atoms with van der Waals surface area (Å²) in [5, 5.41) is 5.36. The number of hydrogen-bond donors (Lipinski definition) is 1. The Labute approximate surface area is 164 Å². The van der Waals surface area contributed by atoms with Crippen LogP contribution in [0.5, 0.6) is 0 Å². The Hall–Kier alpha value is -3.15. The summed E-state index contributed by atoms with van der Waals surface area (Å²) in [5.41, 5.74) is 1.14. The molecule has 1 fully saturated rings. The molecule has 2 aromatic carbocycles. The molecule has 6 heteroatoms. The van der Waals surface area contributed by atoms with E-state index in [1.807, 2.05) is 33.9 Å². The normalized spacial score (nSPS) is 16.6. The highest BCUT2D eigenvalue weighted by Crippen LogP contribution is 2.22. The first kappa shape index (κ1) is 18.2. The van der Waals surface area contributed by atoms with Crippen molar-refractivity contribution in [2.24, 2.45) is 0 Å². The number of imidazole rings is 1. The monoisotopic (exact) mass is 376 g/mol. The first-order valence-electron chi connectivity index (χ1n) is 9.68. The highest BCUT2D eigenvalue weighted by Gasteiger charge is 2.30. The molecule has 1 saturated heterocycles. The number of carbonyl (C=O) groups is 2. The number of likely N-dealkylation sites (tertiary alicyclic amines) is 1. The van der Waals surface area contributed by atoms with Crippen molar-refractivity contribution in [2.45, 2.75) is 38.4 Å². The molecule has 4 rings (SSSR count). The SMILES string of the molecule is O=C(CCCn1ccnc1)N[C@H]1CC(=O)N(Cc2cccc3ccccc23)C1. The highest BCUT2D eigenvalue weighted by atomic mass is 16.2. The third-order valence-electron chi connectivity index (χ3n) is 5.20. The molecule has 0 aliphatic carbocycles. The molecule has 6 nitrogen and oxygen atoms in total. The number of rotatable bonds is 7. The molecule has 0 radical (unpaired) electrons. The minimum atomic E-state index is -0.108. The van der Waals surface area contributed by atoms with Gasteiger partial charge in [-0.1, -0.05) is 42.5 Å². The summed E-state index contributed by atoms with van der Waals surface area (Å²) in [5.74, 6) is 0.0987. The highest BCUT2D eigenvalue weighted by molar-refractivity contribution is 5.87. The second-order valence-electron chi connectivity index (χ2n) is 7.29. The van der Waals surface area contributed by atoms with Crippen LogP contribution in [0.2, 0.25) is 0 Å². The van der Waals surface area contributed by atoms with Gasteiger partial charge >= 0.3 is 0 Å². The number of nitrogens with zero attached hydrogens (tertiary/aromatic N) is 3. The maximum atomic E-state index is 12.4. The van der Waals surface area contributed by atoms with Gasteiger partial charge in [0.25, 0.3) is 0 Å². The maximum absolute atomic E-state index is 12.4. The number of fused-ring (bicyclic) bond motifs is 1. The van der Waals surface area contributed by atoms with Crippen LogP contribution >= 0.6 is 0 Å². The first-order chi connectivity index (χ1) is 13.7. The molecule has 1 aliphatic heterocycles. The maximum Gasteiger partial charge on any atom is 0.225 e. The predicted octanol–water partition coefficient (Wildman–Crippen LogP) is 2.73. The largest absolute Gasteiger partial charge is 0.351 e. The van der Waals surface area contributed by atoms with Crippen LogP contribution in [0.4, 0.5) is 0 Å². The third kappa shape index (κ3) is 4.22. The summed E-state index contributed by atoms with van der Waals surface area (Å²) >= 11 is 0. The fourth-order valence-electron chi connectivity index (χ4n) is 3.80. The molecule has 28 heavy (non-hydrogen) atoms. The molecule has 1 N–H and O–H groups in total. The van der Waals surface area contributed by atoms with E-state index < -0.39 is 0 Å². The van der Waals surface area contributed by atoms with Crippen molar-refractivity contribution in [3.8, 4) is 0 Å². The van der Waals surface area contributed by atoms with Crippen molar-refractivity contribution in [3.63, 3.8) is 0 Å². The first-order valence-corrected chi connectivity index (χ1v) is 9.68. The van der Waals surface area contributed by atoms with Crippen molar-refractivity contribution in [1.29, 1.82) is 0 Å². The zero-order chi connectivity index (χ0) is 19.3. The Morgan fingerprint density at radius 1 is 1.18 bits per heavy atom. The quantitative estimate of drug-likeness (QED) is 0.689. The van der Waals surface area contributed by atoms with Crippen molar-refractivity contribution in [2.75, 3.05) is 6.54 Å². The van der Waals surface area contributed by atoms with E-state index in [0.717, 1.165) is 18.5 Å². The zero-order valence-corrected chi connectivity index (χ0v) is 15.8. The number of amides is 2. The molecule has 2 heterocycles. The molecule has 144 valence electrons. The van der Waals surface area contributed by atoms with Gasteiger partial charge in [-0.3, -0.25) is 9.59 Å². The Morgan fingerprint density at radius 3 is 2.89 bits per heavy atom. The number of aromatic nitrogens is 2. The van der Waals surface area contributed by atoms with Crippen molar-refractivity contribution in [3.05, 3.63) is 66.7 Å². The fourth-order valence-corrected chi connectivity index (χ4v) is 3.80. The lowest BCUT2D eigenvalue weighted by atomic mass is 10.0. The van der Waals surface area contributed by atoms with Gasteiger partial charge in [0.1, 0.15) is 0 Å². The molecular formula is C22H24N4O2. The predicted molar refractivity (Wildman–Crippen MR) is 107 cm³/mol. The van der Waals surface area contributed by atoms with Gasteiger partial charge in [-0.15, -0.1) is 0 Å². The van der Waals surface area contributed by atoms with Crippen LogP contribution in [-0.2, 0) is 22.7 Å². The summed E-state index contributed by atoms with van der Waals surface area (Å²) in [6.45, 7) is 1.91. The number of hydrogen-bond acceptors (Lipinski definition) is 3. The lowest BCUT2D eigenvalue weighted by molar-refractivity contribution is -0.128. The van der Waals surface area contributed by atoms with Crippen LogP contribution < -0.4 is 5.32 Å². The van der Waals surface area contributed by atoms with Crippen LogP contribution in [0.3, 0.4) is 0 Å². The van der Waals surface area contributed by atoms with E-state index in [4.69, 9.17) is 0 Å². The van der Waals surface area contributed by atoms with Gasteiger partial charge in [0, 0.05) is 44.9 Å². The van der Waals surface area contributed by atoms with E-state index in [2.05, 4.69) is 34.6 Å². The molecule has 0 saturated carbocycles.